The van der Waals surface area contributed by atoms with E-state index in [2.05, 4.69) is 10.3 Å². The summed E-state index contributed by atoms with van der Waals surface area (Å²) in [5.41, 5.74) is -0.957. The van der Waals surface area contributed by atoms with Crippen LogP contribution in [0.2, 0.25) is 0 Å². The van der Waals surface area contributed by atoms with Gasteiger partial charge in [0, 0.05) is 5.54 Å². The molecule has 0 aromatic carbocycles. The van der Waals surface area contributed by atoms with Crippen molar-refractivity contribution in [2.24, 2.45) is 0 Å². The lowest BCUT2D eigenvalue weighted by molar-refractivity contribution is -0.141. The molecule has 1 aromatic heterocycles. The molecule has 0 unspecified atom stereocenters. The largest absolute Gasteiger partial charge is 0.433 e. The first-order chi connectivity index (χ1) is 7.89. The lowest BCUT2D eigenvalue weighted by atomic mass is 10.0. The van der Waals surface area contributed by atoms with Crippen LogP contribution in [0.1, 0.15) is 38.3 Å². The Balaban J connectivity index is 2.17. The van der Waals surface area contributed by atoms with Gasteiger partial charge in [-0.15, -0.1) is 0 Å². The smallest absolute Gasteiger partial charge is 0.365 e. The molecule has 94 valence electrons. The van der Waals surface area contributed by atoms with Crippen LogP contribution in [0.15, 0.2) is 18.2 Å². The maximum Gasteiger partial charge on any atom is 0.433 e. The van der Waals surface area contributed by atoms with E-state index in [9.17, 15) is 13.2 Å². The van der Waals surface area contributed by atoms with Crippen LogP contribution in [0, 0.1) is 0 Å². The lowest BCUT2D eigenvalue weighted by Crippen LogP contribution is -2.31. The number of pyridine rings is 1. The number of halogens is 3. The predicted molar refractivity (Wildman–Crippen MR) is 59.7 cm³/mol. The minimum atomic E-state index is -4.38. The van der Waals surface area contributed by atoms with Crippen LogP contribution >= 0.6 is 0 Å². The van der Waals surface area contributed by atoms with Crippen LogP contribution in [-0.2, 0) is 6.18 Å². The Hall–Kier alpha value is -1.26. The number of anilines is 1. The summed E-state index contributed by atoms with van der Waals surface area (Å²) in [5, 5.41) is 3.12. The van der Waals surface area contributed by atoms with Crippen LogP contribution in [0.5, 0.6) is 0 Å². The van der Waals surface area contributed by atoms with Crippen LogP contribution in [0.4, 0.5) is 19.0 Å². The molecule has 0 atom stereocenters. The van der Waals surface area contributed by atoms with Crippen molar-refractivity contribution in [3.8, 4) is 0 Å². The normalized spacial score (nSPS) is 19.3. The van der Waals surface area contributed by atoms with E-state index < -0.39 is 11.9 Å². The quantitative estimate of drug-likeness (QED) is 0.854. The highest BCUT2D eigenvalue weighted by atomic mass is 19.4. The number of nitrogens with one attached hydrogen (secondary N) is 1. The highest BCUT2D eigenvalue weighted by Crippen LogP contribution is 2.33. The van der Waals surface area contributed by atoms with Gasteiger partial charge >= 0.3 is 6.18 Å². The van der Waals surface area contributed by atoms with Crippen molar-refractivity contribution in [2.75, 3.05) is 5.32 Å². The zero-order chi connectivity index (χ0) is 12.5. The van der Waals surface area contributed by atoms with E-state index in [4.69, 9.17) is 0 Å². The number of nitrogens with zero attached hydrogens (tertiary/aromatic N) is 1. The SMILES string of the molecule is CC1(Nc2cccc(C(F)(F)F)n2)CCCC1. The van der Waals surface area contributed by atoms with Crippen LogP contribution in [0.3, 0.4) is 0 Å². The zero-order valence-electron chi connectivity index (χ0n) is 9.64. The van der Waals surface area contributed by atoms with Crippen molar-refractivity contribution in [3.63, 3.8) is 0 Å². The fourth-order valence-electron chi connectivity index (χ4n) is 2.25. The third-order valence-electron chi connectivity index (χ3n) is 3.18. The first-order valence-electron chi connectivity index (χ1n) is 5.72. The second-order valence-electron chi connectivity index (χ2n) is 4.80. The summed E-state index contributed by atoms with van der Waals surface area (Å²) in [6.45, 7) is 2.03. The molecule has 1 N–H and O–H groups in total. The second-order valence-corrected chi connectivity index (χ2v) is 4.80. The van der Waals surface area contributed by atoms with Gasteiger partial charge < -0.3 is 5.32 Å². The molecule has 2 nitrogen and oxygen atoms in total. The van der Waals surface area contributed by atoms with E-state index in [1.54, 1.807) is 6.07 Å². The Morgan fingerprint density at radius 3 is 2.47 bits per heavy atom. The molecule has 1 heterocycles. The molecular weight excluding hydrogens is 229 g/mol. The van der Waals surface area contributed by atoms with Crippen molar-refractivity contribution in [1.82, 2.24) is 4.98 Å². The van der Waals surface area contributed by atoms with Gasteiger partial charge in [-0.05, 0) is 31.9 Å². The molecule has 0 saturated heterocycles. The van der Waals surface area contributed by atoms with Crippen LogP contribution < -0.4 is 5.32 Å². The molecule has 5 heteroatoms. The maximum atomic E-state index is 12.5. The summed E-state index contributed by atoms with van der Waals surface area (Å²) in [5.74, 6) is 0.309. The van der Waals surface area contributed by atoms with E-state index in [0.29, 0.717) is 5.82 Å². The fraction of sp³-hybridized carbons (Fsp3) is 0.583. The van der Waals surface area contributed by atoms with Gasteiger partial charge in [0.25, 0.3) is 0 Å². The third kappa shape index (κ3) is 2.90. The first-order valence-corrected chi connectivity index (χ1v) is 5.72. The number of rotatable bonds is 2. The van der Waals surface area contributed by atoms with Gasteiger partial charge in [0.15, 0.2) is 0 Å². The zero-order valence-corrected chi connectivity index (χ0v) is 9.64. The summed E-state index contributed by atoms with van der Waals surface area (Å²) >= 11 is 0. The van der Waals surface area contributed by atoms with Gasteiger partial charge in [-0.1, -0.05) is 18.9 Å². The first kappa shape index (κ1) is 12.2. The molecule has 1 aliphatic rings. The molecule has 0 bridgehead atoms. The van der Waals surface area contributed by atoms with Gasteiger partial charge in [0.05, 0.1) is 0 Å². The Morgan fingerprint density at radius 2 is 1.88 bits per heavy atom. The van der Waals surface area contributed by atoms with E-state index in [1.165, 1.54) is 6.07 Å². The van der Waals surface area contributed by atoms with Gasteiger partial charge in [0.2, 0.25) is 0 Å². The molecule has 0 spiro atoms. The molecule has 1 saturated carbocycles. The van der Waals surface area contributed by atoms with E-state index in [0.717, 1.165) is 31.7 Å². The highest BCUT2D eigenvalue weighted by Gasteiger charge is 2.33. The number of aromatic nitrogens is 1. The van der Waals surface area contributed by atoms with E-state index in [1.807, 2.05) is 6.92 Å². The van der Waals surface area contributed by atoms with Crippen molar-refractivity contribution in [1.29, 1.82) is 0 Å². The van der Waals surface area contributed by atoms with Gasteiger partial charge in [-0.2, -0.15) is 13.2 Å². The standard InChI is InChI=1S/C12H15F3N2/c1-11(7-2-3-8-11)17-10-6-4-5-9(16-10)12(13,14)15/h4-6H,2-3,7-8H2,1H3,(H,16,17). The monoisotopic (exact) mass is 244 g/mol. The molecule has 0 radical (unpaired) electrons. The fourth-order valence-corrected chi connectivity index (χ4v) is 2.25. The molecular formula is C12H15F3N2. The average molecular weight is 244 g/mol. The topological polar surface area (TPSA) is 24.9 Å². The van der Waals surface area contributed by atoms with E-state index in [-0.39, 0.29) is 5.54 Å². The van der Waals surface area contributed by atoms with Crippen molar-refractivity contribution < 1.29 is 13.2 Å². The Kier molecular flexibility index (Phi) is 3.02. The number of alkyl halides is 3. The molecule has 2 rings (SSSR count). The molecule has 1 aliphatic carbocycles. The molecule has 17 heavy (non-hydrogen) atoms. The number of hydrogen-bond acceptors (Lipinski definition) is 2. The molecule has 0 aliphatic heterocycles. The van der Waals surface area contributed by atoms with Crippen LogP contribution in [-0.4, -0.2) is 10.5 Å². The second kappa shape index (κ2) is 4.20. The molecule has 0 amide bonds. The molecule has 1 aromatic rings. The summed E-state index contributed by atoms with van der Waals surface area (Å²) in [6.07, 6.45) is -0.199. The minimum Gasteiger partial charge on any atom is -0.365 e. The number of hydrogen-bond donors (Lipinski definition) is 1. The summed E-state index contributed by atoms with van der Waals surface area (Å²) in [6, 6.07) is 3.96. The Morgan fingerprint density at radius 1 is 1.24 bits per heavy atom. The summed E-state index contributed by atoms with van der Waals surface area (Å²) in [7, 11) is 0. The lowest BCUT2D eigenvalue weighted by Gasteiger charge is -2.26. The minimum absolute atomic E-state index is 0.114. The Labute approximate surface area is 98.2 Å². The maximum absolute atomic E-state index is 12.5. The third-order valence-corrected chi connectivity index (χ3v) is 3.18. The summed E-state index contributed by atoms with van der Waals surface area (Å²) in [4.78, 5) is 3.62. The van der Waals surface area contributed by atoms with E-state index >= 15 is 0 Å². The van der Waals surface area contributed by atoms with Crippen LogP contribution in [0.25, 0.3) is 0 Å². The van der Waals surface area contributed by atoms with Crippen molar-refractivity contribution in [3.05, 3.63) is 23.9 Å². The Bertz CT molecular complexity index is 395. The summed E-state index contributed by atoms with van der Waals surface area (Å²) < 4.78 is 37.5. The molecule has 1 fully saturated rings. The highest BCUT2D eigenvalue weighted by molar-refractivity contribution is 5.39. The average Bonchev–Trinajstić information content (AvgIpc) is 2.64. The van der Waals surface area contributed by atoms with Crippen molar-refractivity contribution in [2.45, 2.75) is 44.3 Å². The van der Waals surface area contributed by atoms with Crippen molar-refractivity contribution >= 4 is 5.82 Å². The van der Waals surface area contributed by atoms with Gasteiger partial charge in [-0.25, -0.2) is 4.98 Å². The predicted octanol–water partition coefficient (Wildman–Crippen LogP) is 3.85. The van der Waals surface area contributed by atoms with Gasteiger partial charge in [-0.3, -0.25) is 0 Å². The van der Waals surface area contributed by atoms with Gasteiger partial charge in [0.1, 0.15) is 11.5 Å².